The molecule has 1 aromatic heterocycles. The number of nitrogens with one attached hydrogen (secondary N) is 2. The molecule has 3 rings (SSSR count). The molecule has 0 radical (unpaired) electrons. The summed E-state index contributed by atoms with van der Waals surface area (Å²) in [5.41, 5.74) is 2.28. The first kappa shape index (κ1) is 17.9. The quantitative estimate of drug-likeness (QED) is 0.682. The molecule has 1 aromatic carbocycles. The summed E-state index contributed by atoms with van der Waals surface area (Å²) in [6, 6.07) is 8.77. The molecule has 0 aliphatic carbocycles. The zero-order valence-electron chi connectivity index (χ0n) is 15.1. The molecule has 2 N–H and O–H groups in total. The summed E-state index contributed by atoms with van der Waals surface area (Å²) >= 11 is 0. The molecule has 136 valence electrons. The number of methoxy groups -OCH3 is 1. The highest BCUT2D eigenvalue weighted by Crippen LogP contribution is 2.12. The van der Waals surface area contributed by atoms with Crippen LogP contribution in [-0.2, 0) is 13.0 Å². The maximum atomic E-state index is 5.18. The van der Waals surface area contributed by atoms with Crippen molar-refractivity contribution in [3.63, 3.8) is 0 Å². The third-order valence-corrected chi connectivity index (χ3v) is 4.72. The molecule has 2 heterocycles. The van der Waals surface area contributed by atoms with Crippen molar-refractivity contribution in [2.75, 3.05) is 26.7 Å². The van der Waals surface area contributed by atoms with Crippen LogP contribution in [0.25, 0.3) is 0 Å². The normalized spacial score (nSPS) is 15.4. The van der Waals surface area contributed by atoms with E-state index in [0.29, 0.717) is 6.04 Å². The van der Waals surface area contributed by atoms with E-state index >= 15 is 0 Å². The van der Waals surface area contributed by atoms with Crippen LogP contribution in [0, 0.1) is 0 Å². The van der Waals surface area contributed by atoms with Crippen LogP contribution in [0.15, 0.2) is 30.5 Å². The van der Waals surface area contributed by atoms with Crippen LogP contribution in [0.4, 0.5) is 0 Å². The summed E-state index contributed by atoms with van der Waals surface area (Å²) in [6.45, 7) is 4.14. The second-order valence-corrected chi connectivity index (χ2v) is 6.69. The van der Waals surface area contributed by atoms with Gasteiger partial charge in [0.05, 0.1) is 19.3 Å². The van der Waals surface area contributed by atoms with Gasteiger partial charge in [0.25, 0.3) is 0 Å². The van der Waals surface area contributed by atoms with Crippen molar-refractivity contribution >= 4 is 0 Å². The number of piperidine rings is 1. The molecule has 0 bridgehead atoms. The number of unbranched alkanes of at least 4 members (excludes halogenated alkanes) is 1. The Balaban J connectivity index is 1.35. The van der Waals surface area contributed by atoms with Gasteiger partial charge in [-0.05, 0) is 69.4 Å². The van der Waals surface area contributed by atoms with Crippen LogP contribution in [0.1, 0.15) is 36.9 Å². The average molecular weight is 343 g/mol. The molecule has 0 saturated carbocycles. The number of rotatable bonds is 9. The van der Waals surface area contributed by atoms with Gasteiger partial charge >= 0.3 is 0 Å². The minimum atomic E-state index is 0.701. The number of benzene rings is 1. The first-order valence-electron chi connectivity index (χ1n) is 9.29. The lowest BCUT2D eigenvalue weighted by Crippen LogP contribution is -2.40. The van der Waals surface area contributed by atoms with Gasteiger partial charge in [0.1, 0.15) is 5.75 Å². The Hall–Kier alpha value is -1.92. The van der Waals surface area contributed by atoms with Crippen LogP contribution in [0.5, 0.6) is 5.75 Å². The summed E-state index contributed by atoms with van der Waals surface area (Å²) in [4.78, 5) is 0. The van der Waals surface area contributed by atoms with Crippen molar-refractivity contribution in [2.45, 2.75) is 44.7 Å². The molecule has 1 aliphatic heterocycles. The lowest BCUT2D eigenvalue weighted by atomic mass is 10.1. The monoisotopic (exact) mass is 343 g/mol. The minimum absolute atomic E-state index is 0.701. The lowest BCUT2D eigenvalue weighted by Gasteiger charge is -2.23. The lowest BCUT2D eigenvalue weighted by molar-refractivity contribution is 0.384. The third-order valence-electron chi connectivity index (χ3n) is 4.72. The predicted molar refractivity (Wildman–Crippen MR) is 99.0 cm³/mol. The van der Waals surface area contributed by atoms with E-state index in [2.05, 4.69) is 39.3 Å². The van der Waals surface area contributed by atoms with E-state index in [-0.39, 0.29) is 0 Å². The van der Waals surface area contributed by atoms with Gasteiger partial charge in [-0.15, -0.1) is 5.10 Å². The average Bonchev–Trinajstić information content (AvgIpc) is 3.10. The van der Waals surface area contributed by atoms with Crippen molar-refractivity contribution in [2.24, 2.45) is 0 Å². The zero-order chi connectivity index (χ0) is 17.3. The summed E-state index contributed by atoms with van der Waals surface area (Å²) in [5, 5.41) is 15.6. The van der Waals surface area contributed by atoms with E-state index in [9.17, 15) is 0 Å². The number of hydrogen-bond donors (Lipinski definition) is 2. The van der Waals surface area contributed by atoms with Crippen LogP contribution in [0.3, 0.4) is 0 Å². The molecule has 6 nitrogen and oxygen atoms in total. The maximum absolute atomic E-state index is 5.18. The zero-order valence-corrected chi connectivity index (χ0v) is 15.1. The van der Waals surface area contributed by atoms with E-state index in [1.807, 2.05) is 16.8 Å². The molecule has 0 unspecified atom stereocenters. The number of nitrogens with zero attached hydrogens (tertiary/aromatic N) is 3. The Kier molecular flexibility index (Phi) is 6.82. The molecule has 1 aliphatic rings. The molecule has 0 atom stereocenters. The molecule has 6 heteroatoms. The smallest absolute Gasteiger partial charge is 0.118 e. The van der Waals surface area contributed by atoms with Gasteiger partial charge in [-0.3, -0.25) is 0 Å². The van der Waals surface area contributed by atoms with Gasteiger partial charge in [0.2, 0.25) is 0 Å². The Labute approximate surface area is 150 Å². The summed E-state index contributed by atoms with van der Waals surface area (Å²) < 4.78 is 7.09. The highest BCUT2D eigenvalue weighted by atomic mass is 16.5. The first-order valence-corrected chi connectivity index (χ1v) is 9.29. The van der Waals surface area contributed by atoms with E-state index in [1.165, 1.54) is 24.8 Å². The SMILES string of the molecule is COc1ccc(Cn2cc(CCCCNC3CCNCC3)nn2)cc1. The van der Waals surface area contributed by atoms with Crippen LogP contribution >= 0.6 is 0 Å². The second kappa shape index (κ2) is 9.53. The number of hydrogen-bond acceptors (Lipinski definition) is 5. The van der Waals surface area contributed by atoms with Crippen LogP contribution < -0.4 is 15.4 Å². The van der Waals surface area contributed by atoms with Gasteiger partial charge in [-0.2, -0.15) is 0 Å². The van der Waals surface area contributed by atoms with E-state index in [0.717, 1.165) is 50.5 Å². The Morgan fingerprint density at radius 2 is 2.00 bits per heavy atom. The van der Waals surface area contributed by atoms with Gasteiger partial charge in [-0.25, -0.2) is 4.68 Å². The van der Waals surface area contributed by atoms with Crippen molar-refractivity contribution in [3.05, 3.63) is 41.7 Å². The van der Waals surface area contributed by atoms with E-state index in [4.69, 9.17) is 4.74 Å². The van der Waals surface area contributed by atoms with Crippen molar-refractivity contribution in [1.29, 1.82) is 0 Å². The standard InChI is InChI=1S/C19H29N5O/c1-25-19-7-5-16(6-8-19)14-24-15-18(22-23-24)4-2-3-11-21-17-9-12-20-13-10-17/h5-8,15,17,20-21H,2-4,9-14H2,1H3. The molecule has 1 saturated heterocycles. The highest BCUT2D eigenvalue weighted by Gasteiger charge is 2.11. The molecule has 25 heavy (non-hydrogen) atoms. The summed E-state index contributed by atoms with van der Waals surface area (Å²) in [7, 11) is 1.68. The minimum Gasteiger partial charge on any atom is -0.497 e. The molecular formula is C19H29N5O. The van der Waals surface area contributed by atoms with Crippen LogP contribution in [0.2, 0.25) is 0 Å². The van der Waals surface area contributed by atoms with Gasteiger partial charge < -0.3 is 15.4 Å². The Morgan fingerprint density at radius 3 is 2.76 bits per heavy atom. The molecule has 2 aromatic rings. The Morgan fingerprint density at radius 1 is 1.20 bits per heavy atom. The molecule has 1 fully saturated rings. The highest BCUT2D eigenvalue weighted by molar-refractivity contribution is 5.27. The summed E-state index contributed by atoms with van der Waals surface area (Å²) in [6.07, 6.45) is 7.90. The molecular weight excluding hydrogens is 314 g/mol. The van der Waals surface area contributed by atoms with Gasteiger partial charge in [0, 0.05) is 12.2 Å². The fourth-order valence-electron chi connectivity index (χ4n) is 3.21. The number of aromatic nitrogens is 3. The third kappa shape index (κ3) is 5.83. The number of aryl methyl sites for hydroxylation is 1. The fourth-order valence-corrected chi connectivity index (χ4v) is 3.21. The maximum Gasteiger partial charge on any atom is 0.118 e. The van der Waals surface area contributed by atoms with Crippen molar-refractivity contribution in [3.8, 4) is 5.75 Å². The van der Waals surface area contributed by atoms with Gasteiger partial charge in [0.15, 0.2) is 0 Å². The predicted octanol–water partition coefficient (Wildman–Crippen LogP) is 2.00. The molecule has 0 spiro atoms. The topological polar surface area (TPSA) is 64.0 Å². The van der Waals surface area contributed by atoms with E-state index in [1.54, 1.807) is 7.11 Å². The fraction of sp³-hybridized carbons (Fsp3) is 0.579. The Bertz CT molecular complexity index is 619. The van der Waals surface area contributed by atoms with Crippen molar-refractivity contribution in [1.82, 2.24) is 25.6 Å². The van der Waals surface area contributed by atoms with E-state index < -0.39 is 0 Å². The number of ether oxygens (including phenoxy) is 1. The van der Waals surface area contributed by atoms with Gasteiger partial charge in [-0.1, -0.05) is 17.3 Å². The second-order valence-electron chi connectivity index (χ2n) is 6.69. The van der Waals surface area contributed by atoms with Crippen molar-refractivity contribution < 1.29 is 4.74 Å². The molecule has 0 amide bonds. The first-order chi connectivity index (χ1) is 12.3. The summed E-state index contributed by atoms with van der Waals surface area (Å²) in [5.74, 6) is 0.876. The van der Waals surface area contributed by atoms with Crippen LogP contribution in [-0.4, -0.2) is 47.8 Å². The largest absolute Gasteiger partial charge is 0.497 e.